The number of halogens is 1. The number of anilines is 1. The average molecular weight is 133 g/mol. The van der Waals surface area contributed by atoms with E-state index in [2.05, 4.69) is 0 Å². The Bertz CT molecular complexity index is 143. The molecular weight excluding hydrogens is 124 g/mol. The first-order valence-corrected chi connectivity index (χ1v) is 2.16. The van der Waals surface area contributed by atoms with Crippen LogP contribution in [0.4, 0.5) is 5.69 Å². The second-order valence-corrected chi connectivity index (χ2v) is 1.61. The van der Waals surface area contributed by atoms with E-state index in [1.54, 1.807) is 0 Å². The van der Waals surface area contributed by atoms with E-state index in [0.29, 0.717) is 0 Å². The molecule has 0 radical (unpaired) electrons. The summed E-state index contributed by atoms with van der Waals surface area (Å²) in [5.74, 6) is 0. The molecule has 46 valence electrons. The van der Waals surface area contributed by atoms with Crippen LogP contribution < -0.4 is 5.73 Å². The van der Waals surface area contributed by atoms with Gasteiger partial charge in [0, 0.05) is 25.1 Å². The fraction of sp³-hybridized carbons (Fsp3) is 0.200. The van der Waals surface area contributed by atoms with Gasteiger partial charge in [-0.2, -0.15) is 0 Å². The number of nitrogens with two attached hydrogens (primary N) is 1. The van der Waals surface area contributed by atoms with Crippen molar-refractivity contribution >= 4 is 18.1 Å². The molecule has 1 aromatic rings. The van der Waals surface area contributed by atoms with Gasteiger partial charge in [-0.3, -0.25) is 0 Å². The minimum Gasteiger partial charge on any atom is -0.398 e. The highest BCUT2D eigenvalue weighted by atomic mass is 35.5. The van der Waals surface area contributed by atoms with Crippen LogP contribution >= 0.6 is 12.4 Å². The Morgan fingerprint density at radius 1 is 1.62 bits per heavy atom. The summed E-state index contributed by atoms with van der Waals surface area (Å²) in [5.41, 5.74) is 6.18. The van der Waals surface area contributed by atoms with Gasteiger partial charge in [0.25, 0.3) is 0 Å². The van der Waals surface area contributed by atoms with Gasteiger partial charge in [0.2, 0.25) is 0 Å². The zero-order chi connectivity index (χ0) is 5.28. The average Bonchev–Trinajstić information content (AvgIpc) is 1.87. The number of aryl methyl sites for hydroxylation is 1. The van der Waals surface area contributed by atoms with Crippen LogP contribution in [0.25, 0.3) is 0 Å². The van der Waals surface area contributed by atoms with Crippen molar-refractivity contribution in [2.24, 2.45) is 7.05 Å². The van der Waals surface area contributed by atoms with Gasteiger partial charge in [0.05, 0.1) is 0 Å². The fourth-order valence-electron chi connectivity index (χ4n) is 0.525. The molecule has 0 saturated heterocycles. The van der Waals surface area contributed by atoms with Crippen molar-refractivity contribution in [2.75, 3.05) is 5.73 Å². The largest absolute Gasteiger partial charge is 0.398 e. The quantitative estimate of drug-likeness (QED) is 0.562. The lowest BCUT2D eigenvalue weighted by atomic mass is 10.6. The predicted octanol–water partition coefficient (Wildman–Crippen LogP) is 1.03. The molecule has 0 unspecified atom stereocenters. The Morgan fingerprint density at radius 2 is 2.25 bits per heavy atom. The minimum atomic E-state index is 0. The van der Waals surface area contributed by atoms with E-state index in [0.717, 1.165) is 5.69 Å². The number of aromatic nitrogens is 1. The van der Waals surface area contributed by atoms with Gasteiger partial charge < -0.3 is 10.3 Å². The van der Waals surface area contributed by atoms with Crippen molar-refractivity contribution in [2.45, 2.75) is 0 Å². The number of rotatable bonds is 0. The van der Waals surface area contributed by atoms with Crippen LogP contribution in [-0.2, 0) is 7.05 Å². The molecule has 0 bridgehead atoms. The number of nitrogen functional groups attached to an aromatic ring is 1. The number of nitrogens with zero attached hydrogens (tertiary/aromatic N) is 1. The first-order valence-electron chi connectivity index (χ1n) is 2.16. The van der Waals surface area contributed by atoms with Crippen molar-refractivity contribution in [1.82, 2.24) is 4.57 Å². The van der Waals surface area contributed by atoms with Crippen molar-refractivity contribution in [3.05, 3.63) is 18.5 Å². The van der Waals surface area contributed by atoms with Crippen molar-refractivity contribution < 1.29 is 0 Å². The third kappa shape index (κ3) is 1.46. The van der Waals surface area contributed by atoms with Crippen molar-refractivity contribution in [1.29, 1.82) is 0 Å². The molecular formula is C5H9ClN2. The van der Waals surface area contributed by atoms with Crippen LogP contribution in [0.1, 0.15) is 0 Å². The van der Waals surface area contributed by atoms with E-state index in [1.807, 2.05) is 30.1 Å². The summed E-state index contributed by atoms with van der Waals surface area (Å²) in [6.45, 7) is 0. The smallest absolute Gasteiger partial charge is 0.0493 e. The van der Waals surface area contributed by atoms with Crippen LogP contribution in [0.5, 0.6) is 0 Å². The van der Waals surface area contributed by atoms with Gasteiger partial charge in [0.15, 0.2) is 0 Å². The first kappa shape index (κ1) is 7.37. The van der Waals surface area contributed by atoms with Crippen LogP contribution in [0.3, 0.4) is 0 Å². The number of hydrogen-bond acceptors (Lipinski definition) is 1. The predicted molar refractivity (Wildman–Crippen MR) is 37.1 cm³/mol. The standard InChI is InChI=1S/C5H8N2.ClH/c1-7-3-2-5(6)4-7;/h2-4H,6H2,1H3;1H. The minimum absolute atomic E-state index is 0. The van der Waals surface area contributed by atoms with Crippen molar-refractivity contribution in [3.63, 3.8) is 0 Å². The number of hydrogen-bond donors (Lipinski definition) is 1. The second-order valence-electron chi connectivity index (χ2n) is 1.61. The van der Waals surface area contributed by atoms with Crippen LogP contribution in [0.15, 0.2) is 18.5 Å². The molecule has 1 aromatic heterocycles. The lowest BCUT2D eigenvalue weighted by molar-refractivity contribution is 0.929. The van der Waals surface area contributed by atoms with E-state index >= 15 is 0 Å². The van der Waals surface area contributed by atoms with Crippen molar-refractivity contribution in [3.8, 4) is 0 Å². The van der Waals surface area contributed by atoms with Gasteiger partial charge in [0.1, 0.15) is 0 Å². The summed E-state index contributed by atoms with van der Waals surface area (Å²) >= 11 is 0. The van der Waals surface area contributed by atoms with Crippen LogP contribution in [-0.4, -0.2) is 4.57 Å². The summed E-state index contributed by atoms with van der Waals surface area (Å²) in [6, 6.07) is 1.86. The monoisotopic (exact) mass is 132 g/mol. The molecule has 0 fully saturated rings. The summed E-state index contributed by atoms with van der Waals surface area (Å²) in [5, 5.41) is 0. The lowest BCUT2D eigenvalue weighted by Gasteiger charge is -1.81. The Labute approximate surface area is 54.7 Å². The van der Waals surface area contributed by atoms with Gasteiger partial charge in [-0.25, -0.2) is 0 Å². The van der Waals surface area contributed by atoms with Crippen LogP contribution in [0, 0.1) is 0 Å². The molecule has 0 aliphatic carbocycles. The molecule has 0 aliphatic heterocycles. The Morgan fingerprint density at radius 3 is 2.38 bits per heavy atom. The highest BCUT2D eigenvalue weighted by Gasteiger charge is 1.80. The maximum Gasteiger partial charge on any atom is 0.0493 e. The summed E-state index contributed by atoms with van der Waals surface area (Å²) < 4.78 is 1.91. The van der Waals surface area contributed by atoms with E-state index in [4.69, 9.17) is 5.73 Å². The van der Waals surface area contributed by atoms with E-state index in [9.17, 15) is 0 Å². The molecule has 1 heterocycles. The van der Waals surface area contributed by atoms with Gasteiger partial charge in [-0.15, -0.1) is 12.4 Å². The maximum atomic E-state index is 5.36. The third-order valence-electron chi connectivity index (χ3n) is 0.855. The zero-order valence-corrected chi connectivity index (χ0v) is 5.48. The highest BCUT2D eigenvalue weighted by molar-refractivity contribution is 5.85. The van der Waals surface area contributed by atoms with Crippen LogP contribution in [0.2, 0.25) is 0 Å². The lowest BCUT2D eigenvalue weighted by Crippen LogP contribution is -1.80. The van der Waals surface area contributed by atoms with E-state index in [-0.39, 0.29) is 12.4 Å². The SMILES string of the molecule is Cl.Cn1ccc(N)c1. The fourth-order valence-corrected chi connectivity index (χ4v) is 0.525. The van der Waals surface area contributed by atoms with E-state index in [1.165, 1.54) is 0 Å². The Balaban J connectivity index is 0.000000490. The summed E-state index contributed by atoms with van der Waals surface area (Å²) in [4.78, 5) is 0. The Kier molecular flexibility index (Phi) is 2.42. The normalized spacial score (nSPS) is 8.12. The molecule has 0 atom stereocenters. The zero-order valence-electron chi connectivity index (χ0n) is 4.66. The summed E-state index contributed by atoms with van der Waals surface area (Å²) in [6.07, 6.45) is 3.77. The molecule has 8 heavy (non-hydrogen) atoms. The molecule has 2 nitrogen and oxygen atoms in total. The maximum absolute atomic E-state index is 5.36. The molecule has 0 aliphatic rings. The molecule has 1 rings (SSSR count). The molecule has 0 amide bonds. The van der Waals surface area contributed by atoms with E-state index < -0.39 is 0 Å². The molecule has 0 saturated carbocycles. The second kappa shape index (κ2) is 2.62. The first-order chi connectivity index (χ1) is 3.29. The van der Waals surface area contributed by atoms with Gasteiger partial charge in [-0.05, 0) is 6.07 Å². The third-order valence-corrected chi connectivity index (χ3v) is 0.855. The topological polar surface area (TPSA) is 30.9 Å². The van der Waals surface area contributed by atoms with Gasteiger partial charge in [-0.1, -0.05) is 0 Å². The summed E-state index contributed by atoms with van der Waals surface area (Å²) in [7, 11) is 1.94. The van der Waals surface area contributed by atoms with Gasteiger partial charge >= 0.3 is 0 Å². The molecule has 2 N–H and O–H groups in total. The molecule has 0 spiro atoms. The highest BCUT2D eigenvalue weighted by Crippen LogP contribution is 1.97. The molecule has 0 aromatic carbocycles. The molecule has 3 heteroatoms. The Hall–Kier alpha value is -0.630.